The highest BCUT2D eigenvalue weighted by Gasteiger charge is 2.56. The van der Waals surface area contributed by atoms with Crippen molar-refractivity contribution in [1.29, 1.82) is 0 Å². The van der Waals surface area contributed by atoms with Crippen molar-refractivity contribution in [3.05, 3.63) is 16.8 Å². The summed E-state index contributed by atoms with van der Waals surface area (Å²) in [7, 11) is 0. The normalized spacial score (nSPS) is 28.2. The van der Waals surface area contributed by atoms with Crippen molar-refractivity contribution in [1.82, 2.24) is 10.2 Å². The molecule has 2 aliphatic heterocycles. The van der Waals surface area contributed by atoms with Crippen LogP contribution in [0.1, 0.15) is 27.2 Å². The van der Waals surface area contributed by atoms with Crippen LogP contribution in [0, 0.1) is 11.3 Å². The molecule has 5 nitrogen and oxygen atoms in total. The minimum atomic E-state index is -0.406. The van der Waals surface area contributed by atoms with Gasteiger partial charge < -0.3 is 15.1 Å². The van der Waals surface area contributed by atoms with E-state index in [1.165, 1.54) is 0 Å². The van der Waals surface area contributed by atoms with Gasteiger partial charge in [0.15, 0.2) is 0 Å². The molecule has 3 heterocycles. The Kier molecular flexibility index (Phi) is 3.89. The van der Waals surface area contributed by atoms with E-state index in [0.29, 0.717) is 13.1 Å². The minimum absolute atomic E-state index is 0.0551. The SMILES string of the molecule is CC(C)NC(=O)N1C[C@@H](C)[C@@]2(CCN(c3ccsc3)C2=O)C1. The molecule has 2 fully saturated rings. The van der Waals surface area contributed by atoms with E-state index < -0.39 is 5.41 Å². The van der Waals surface area contributed by atoms with Crippen molar-refractivity contribution < 1.29 is 9.59 Å². The number of carbonyl (C=O) groups is 2. The summed E-state index contributed by atoms with van der Waals surface area (Å²) in [5, 5.41) is 6.94. The number of nitrogens with one attached hydrogen (secondary N) is 1. The fourth-order valence-corrected chi connectivity index (χ4v) is 4.25. The predicted molar refractivity (Wildman–Crippen MR) is 88.1 cm³/mol. The molecular weight excluding hydrogens is 298 g/mol. The van der Waals surface area contributed by atoms with E-state index in [1.54, 1.807) is 16.2 Å². The maximum Gasteiger partial charge on any atom is 0.317 e. The average Bonchev–Trinajstić information content (AvgIpc) is 3.13. The lowest BCUT2D eigenvalue weighted by molar-refractivity contribution is -0.126. The van der Waals surface area contributed by atoms with E-state index >= 15 is 0 Å². The van der Waals surface area contributed by atoms with Gasteiger partial charge in [-0.25, -0.2) is 4.79 Å². The van der Waals surface area contributed by atoms with Crippen molar-refractivity contribution in [2.24, 2.45) is 11.3 Å². The van der Waals surface area contributed by atoms with Crippen LogP contribution in [0.15, 0.2) is 16.8 Å². The third kappa shape index (κ3) is 2.39. The predicted octanol–water partition coefficient (Wildman–Crippen LogP) is 2.54. The molecule has 1 spiro atoms. The lowest BCUT2D eigenvalue weighted by Crippen LogP contribution is -2.44. The van der Waals surface area contributed by atoms with Crippen molar-refractivity contribution >= 4 is 29.0 Å². The number of carbonyl (C=O) groups excluding carboxylic acids is 2. The van der Waals surface area contributed by atoms with Crippen molar-refractivity contribution in [2.45, 2.75) is 33.2 Å². The summed E-state index contributed by atoms with van der Waals surface area (Å²) in [5.74, 6) is 0.375. The topological polar surface area (TPSA) is 52.7 Å². The van der Waals surface area contributed by atoms with Crippen LogP contribution in [-0.4, -0.2) is 42.5 Å². The average molecular weight is 321 g/mol. The second-order valence-corrected chi connectivity index (χ2v) is 7.51. The molecule has 2 atom stereocenters. The molecule has 0 bridgehead atoms. The Hall–Kier alpha value is -1.56. The van der Waals surface area contributed by atoms with Crippen molar-refractivity contribution in [2.75, 3.05) is 24.5 Å². The number of hydrogen-bond donors (Lipinski definition) is 1. The first kappa shape index (κ1) is 15.3. The van der Waals surface area contributed by atoms with Gasteiger partial charge in [-0.15, -0.1) is 0 Å². The smallest absolute Gasteiger partial charge is 0.317 e. The molecule has 22 heavy (non-hydrogen) atoms. The Morgan fingerprint density at radius 3 is 2.91 bits per heavy atom. The van der Waals surface area contributed by atoms with Gasteiger partial charge in [0.25, 0.3) is 0 Å². The molecule has 120 valence electrons. The number of hydrogen-bond acceptors (Lipinski definition) is 3. The van der Waals surface area contributed by atoms with E-state index in [4.69, 9.17) is 0 Å². The van der Waals surface area contributed by atoms with Crippen LogP contribution >= 0.6 is 11.3 Å². The van der Waals surface area contributed by atoms with Crippen LogP contribution in [0.5, 0.6) is 0 Å². The maximum absolute atomic E-state index is 13.0. The Balaban J connectivity index is 1.77. The molecule has 0 aromatic carbocycles. The molecule has 1 aromatic rings. The van der Waals surface area contributed by atoms with E-state index in [2.05, 4.69) is 12.2 Å². The van der Waals surface area contributed by atoms with E-state index in [0.717, 1.165) is 18.7 Å². The highest BCUT2D eigenvalue weighted by Crippen LogP contribution is 2.46. The summed E-state index contributed by atoms with van der Waals surface area (Å²) < 4.78 is 0. The highest BCUT2D eigenvalue weighted by molar-refractivity contribution is 7.08. The Bertz CT molecular complexity index is 572. The van der Waals surface area contributed by atoms with Crippen LogP contribution in [0.4, 0.5) is 10.5 Å². The highest BCUT2D eigenvalue weighted by atomic mass is 32.1. The van der Waals surface area contributed by atoms with Crippen LogP contribution in [-0.2, 0) is 4.79 Å². The summed E-state index contributed by atoms with van der Waals surface area (Å²) in [6, 6.07) is 2.05. The molecule has 3 rings (SSSR count). The molecule has 2 aliphatic rings. The molecule has 2 saturated heterocycles. The van der Waals surface area contributed by atoms with Crippen molar-refractivity contribution in [3.63, 3.8) is 0 Å². The lowest BCUT2D eigenvalue weighted by Gasteiger charge is -2.26. The quantitative estimate of drug-likeness (QED) is 0.910. The Morgan fingerprint density at radius 1 is 1.50 bits per heavy atom. The second-order valence-electron chi connectivity index (χ2n) is 6.73. The van der Waals surface area contributed by atoms with Crippen molar-refractivity contribution in [3.8, 4) is 0 Å². The Morgan fingerprint density at radius 2 is 2.27 bits per heavy atom. The van der Waals surface area contributed by atoms with E-state index in [1.807, 2.05) is 35.6 Å². The third-order valence-electron chi connectivity index (χ3n) is 4.88. The van der Waals surface area contributed by atoms with Gasteiger partial charge in [-0.3, -0.25) is 4.79 Å². The second kappa shape index (κ2) is 5.57. The first-order chi connectivity index (χ1) is 10.4. The lowest BCUT2D eigenvalue weighted by atomic mass is 9.78. The number of amides is 3. The van der Waals surface area contributed by atoms with Crippen LogP contribution < -0.4 is 10.2 Å². The number of urea groups is 1. The molecular formula is C16H23N3O2S. The summed E-state index contributed by atoms with van der Waals surface area (Å²) >= 11 is 1.60. The van der Waals surface area contributed by atoms with Gasteiger partial charge in [-0.1, -0.05) is 6.92 Å². The van der Waals surface area contributed by atoms with Gasteiger partial charge in [-0.05, 0) is 37.6 Å². The zero-order chi connectivity index (χ0) is 15.9. The first-order valence-electron chi connectivity index (χ1n) is 7.83. The third-order valence-corrected chi connectivity index (χ3v) is 5.55. The standard InChI is InChI=1S/C16H23N3O2S/c1-11(2)17-15(21)18-8-12(3)16(10-18)5-6-19(14(16)20)13-4-7-22-9-13/h4,7,9,11-12H,5-6,8,10H2,1-3H3,(H,17,21)/t12-,16-/m1/s1. The summed E-state index contributed by atoms with van der Waals surface area (Å²) in [5.41, 5.74) is 0.583. The number of likely N-dealkylation sites (tertiary alicyclic amines) is 1. The summed E-state index contributed by atoms with van der Waals surface area (Å²) in [6.45, 7) is 7.93. The first-order valence-corrected chi connectivity index (χ1v) is 8.78. The van der Waals surface area contributed by atoms with E-state index in [-0.39, 0.29) is 23.9 Å². The zero-order valence-electron chi connectivity index (χ0n) is 13.3. The summed E-state index contributed by atoms with van der Waals surface area (Å²) in [6.07, 6.45) is 0.828. The van der Waals surface area contributed by atoms with Gasteiger partial charge in [0.05, 0.1) is 11.1 Å². The maximum atomic E-state index is 13.0. The summed E-state index contributed by atoms with van der Waals surface area (Å²) in [4.78, 5) is 28.9. The van der Waals surface area contributed by atoms with Crippen LogP contribution in [0.2, 0.25) is 0 Å². The fourth-order valence-electron chi connectivity index (χ4n) is 3.61. The van der Waals surface area contributed by atoms with Gasteiger partial charge in [0, 0.05) is 31.1 Å². The molecule has 0 unspecified atom stereocenters. The number of thiophene rings is 1. The van der Waals surface area contributed by atoms with Crippen LogP contribution in [0.3, 0.4) is 0 Å². The molecule has 1 N–H and O–H groups in total. The molecule has 0 radical (unpaired) electrons. The molecule has 1 aromatic heterocycles. The van der Waals surface area contributed by atoms with Crippen LogP contribution in [0.25, 0.3) is 0 Å². The zero-order valence-corrected chi connectivity index (χ0v) is 14.2. The Labute approximate surface area is 135 Å². The van der Waals surface area contributed by atoms with E-state index in [9.17, 15) is 9.59 Å². The number of rotatable bonds is 2. The molecule has 0 aliphatic carbocycles. The largest absolute Gasteiger partial charge is 0.336 e. The molecule has 0 saturated carbocycles. The molecule has 6 heteroatoms. The minimum Gasteiger partial charge on any atom is -0.336 e. The number of anilines is 1. The monoisotopic (exact) mass is 321 g/mol. The van der Waals surface area contributed by atoms with Gasteiger partial charge in [-0.2, -0.15) is 11.3 Å². The fraction of sp³-hybridized carbons (Fsp3) is 0.625. The molecule has 3 amide bonds. The number of nitrogens with zero attached hydrogens (tertiary/aromatic N) is 2. The van der Waals surface area contributed by atoms with Gasteiger partial charge in [0.2, 0.25) is 5.91 Å². The van der Waals surface area contributed by atoms with Gasteiger partial charge >= 0.3 is 6.03 Å². The van der Waals surface area contributed by atoms with Gasteiger partial charge in [0.1, 0.15) is 0 Å².